The lowest BCUT2D eigenvalue weighted by Crippen LogP contribution is -2.23. The van der Waals surface area contributed by atoms with Crippen molar-refractivity contribution >= 4 is 17.3 Å². The number of benzene rings is 1. The molecule has 1 aromatic rings. The van der Waals surface area contributed by atoms with Gasteiger partial charge in [0.2, 0.25) is 0 Å². The van der Waals surface area contributed by atoms with Crippen LogP contribution in [0.1, 0.15) is 19.4 Å². The van der Waals surface area contributed by atoms with Crippen LogP contribution >= 0.6 is 11.6 Å². The predicted molar refractivity (Wildman–Crippen MR) is 68.1 cm³/mol. The van der Waals surface area contributed by atoms with E-state index in [1.165, 1.54) is 18.2 Å². The van der Waals surface area contributed by atoms with Crippen LogP contribution < -0.4 is 5.73 Å². The first-order chi connectivity index (χ1) is 7.91. The van der Waals surface area contributed by atoms with E-state index < -0.39 is 11.9 Å². The normalized spacial score (nSPS) is 15.8. The lowest BCUT2D eigenvalue weighted by Gasteiger charge is -2.11. The number of hydrogen-bond donors (Lipinski definition) is 2. The molecule has 5 heteroatoms. The van der Waals surface area contributed by atoms with Crippen molar-refractivity contribution in [2.75, 3.05) is 6.54 Å². The molecule has 0 radical (unpaired) electrons. The van der Waals surface area contributed by atoms with Crippen LogP contribution in [0.3, 0.4) is 0 Å². The Morgan fingerprint density at radius 3 is 2.65 bits per heavy atom. The monoisotopic (exact) mass is 258 g/mol. The molecule has 94 valence electrons. The summed E-state index contributed by atoms with van der Waals surface area (Å²) in [6, 6.07) is 4.14. The molecule has 1 rings (SSSR count). The molecule has 0 spiro atoms. The maximum atomic E-state index is 13.0. The first kappa shape index (κ1) is 14.1. The molecule has 0 fully saturated rings. The van der Waals surface area contributed by atoms with Crippen molar-refractivity contribution in [3.63, 3.8) is 0 Å². The maximum Gasteiger partial charge on any atom is 0.141 e. The van der Waals surface area contributed by atoms with Crippen LogP contribution in [-0.4, -0.2) is 29.5 Å². The van der Waals surface area contributed by atoms with Crippen LogP contribution in [0.15, 0.2) is 23.2 Å². The number of aliphatic hydroxyl groups is 1. The number of nitrogens with zero attached hydrogens (tertiary/aromatic N) is 1. The summed E-state index contributed by atoms with van der Waals surface area (Å²) in [5, 5.41) is 9.64. The van der Waals surface area contributed by atoms with Crippen molar-refractivity contribution in [3.8, 4) is 0 Å². The highest BCUT2D eigenvalue weighted by molar-refractivity contribution is 6.31. The molecule has 2 atom stereocenters. The number of hydrogen-bond acceptors (Lipinski definition) is 3. The summed E-state index contributed by atoms with van der Waals surface area (Å²) in [5.41, 5.74) is 6.66. The lowest BCUT2D eigenvalue weighted by atomic mass is 10.1. The molecule has 3 N–H and O–H groups in total. The summed E-state index contributed by atoms with van der Waals surface area (Å²) in [5.74, 6) is -0.493. The van der Waals surface area contributed by atoms with Gasteiger partial charge in [0, 0.05) is 6.04 Å². The summed E-state index contributed by atoms with van der Waals surface area (Å²) in [7, 11) is 0. The summed E-state index contributed by atoms with van der Waals surface area (Å²) in [6.07, 6.45) is -0.754. The van der Waals surface area contributed by atoms with E-state index in [1.807, 2.05) is 6.92 Å². The van der Waals surface area contributed by atoms with Gasteiger partial charge in [-0.05, 0) is 31.5 Å². The van der Waals surface area contributed by atoms with Gasteiger partial charge in [0.1, 0.15) is 5.82 Å². The van der Waals surface area contributed by atoms with E-state index in [0.717, 1.165) is 0 Å². The van der Waals surface area contributed by atoms with E-state index in [-0.39, 0.29) is 11.1 Å². The van der Waals surface area contributed by atoms with Crippen LogP contribution in [0.5, 0.6) is 0 Å². The average molecular weight is 259 g/mol. The van der Waals surface area contributed by atoms with E-state index in [4.69, 9.17) is 17.3 Å². The zero-order chi connectivity index (χ0) is 13.0. The Kier molecular flexibility index (Phi) is 5.05. The molecule has 0 aliphatic rings. The molecular weight excluding hydrogens is 243 g/mol. The standard InChI is InChI=1S/C12H16ClFN2O/c1-7(15)6-16-12(8(2)17)9-3-4-11(14)10(13)5-9/h3-5,7-8,17H,6,15H2,1-2H3. The van der Waals surface area contributed by atoms with Gasteiger partial charge in [-0.25, -0.2) is 4.39 Å². The van der Waals surface area contributed by atoms with Gasteiger partial charge in [-0.15, -0.1) is 0 Å². The Morgan fingerprint density at radius 2 is 2.18 bits per heavy atom. The molecule has 17 heavy (non-hydrogen) atoms. The minimum absolute atomic E-state index is 0.0108. The first-order valence-corrected chi connectivity index (χ1v) is 5.73. The maximum absolute atomic E-state index is 13.0. The van der Waals surface area contributed by atoms with Crippen molar-refractivity contribution in [1.82, 2.24) is 0 Å². The van der Waals surface area contributed by atoms with Gasteiger partial charge in [-0.1, -0.05) is 17.7 Å². The highest BCUT2D eigenvalue weighted by Gasteiger charge is 2.12. The summed E-state index contributed by atoms with van der Waals surface area (Å²) in [4.78, 5) is 4.22. The predicted octanol–water partition coefficient (Wildman–Crippen LogP) is 2.00. The van der Waals surface area contributed by atoms with E-state index >= 15 is 0 Å². The Morgan fingerprint density at radius 1 is 1.53 bits per heavy atom. The fourth-order valence-electron chi connectivity index (χ4n) is 1.36. The smallest absolute Gasteiger partial charge is 0.141 e. The molecule has 0 aliphatic carbocycles. The molecule has 0 amide bonds. The van der Waals surface area contributed by atoms with Gasteiger partial charge in [0.25, 0.3) is 0 Å². The van der Waals surface area contributed by atoms with Gasteiger partial charge in [0.15, 0.2) is 0 Å². The molecule has 2 unspecified atom stereocenters. The summed E-state index contributed by atoms with van der Waals surface area (Å²) >= 11 is 5.69. The molecule has 1 aromatic carbocycles. The number of rotatable bonds is 4. The Labute approximate surface area is 105 Å². The second-order valence-corrected chi connectivity index (χ2v) is 4.42. The third-order valence-corrected chi connectivity index (χ3v) is 2.45. The Hall–Kier alpha value is -0.970. The molecule has 0 saturated carbocycles. The topological polar surface area (TPSA) is 58.6 Å². The minimum atomic E-state index is -0.754. The van der Waals surface area contributed by atoms with Crippen LogP contribution in [0, 0.1) is 5.82 Å². The van der Waals surface area contributed by atoms with E-state index in [9.17, 15) is 9.50 Å². The van der Waals surface area contributed by atoms with Crippen molar-refractivity contribution in [2.45, 2.75) is 26.0 Å². The number of nitrogens with two attached hydrogens (primary N) is 1. The Bertz CT molecular complexity index is 419. The van der Waals surface area contributed by atoms with Gasteiger partial charge >= 0.3 is 0 Å². The van der Waals surface area contributed by atoms with Gasteiger partial charge in [-0.2, -0.15) is 0 Å². The van der Waals surface area contributed by atoms with E-state index in [0.29, 0.717) is 17.8 Å². The number of aliphatic imine (C=N–C) groups is 1. The Balaban J connectivity index is 3.05. The molecule has 0 bridgehead atoms. The van der Waals surface area contributed by atoms with Gasteiger partial charge < -0.3 is 10.8 Å². The summed E-state index contributed by atoms with van der Waals surface area (Å²) < 4.78 is 13.0. The van der Waals surface area contributed by atoms with E-state index in [1.54, 1.807) is 6.92 Å². The fourth-order valence-corrected chi connectivity index (χ4v) is 1.54. The van der Waals surface area contributed by atoms with E-state index in [2.05, 4.69) is 4.99 Å². The third-order valence-electron chi connectivity index (χ3n) is 2.16. The zero-order valence-corrected chi connectivity index (χ0v) is 10.6. The van der Waals surface area contributed by atoms with Crippen molar-refractivity contribution in [3.05, 3.63) is 34.6 Å². The molecule has 0 aromatic heterocycles. The SMILES string of the molecule is CC(N)CN=C(c1ccc(F)c(Cl)c1)C(C)O. The lowest BCUT2D eigenvalue weighted by molar-refractivity contribution is 0.262. The second-order valence-electron chi connectivity index (χ2n) is 4.01. The molecule has 0 saturated heterocycles. The molecule has 3 nitrogen and oxygen atoms in total. The largest absolute Gasteiger partial charge is 0.387 e. The van der Waals surface area contributed by atoms with Crippen molar-refractivity contribution in [2.24, 2.45) is 10.7 Å². The van der Waals surface area contributed by atoms with Gasteiger partial charge in [-0.3, -0.25) is 4.99 Å². The van der Waals surface area contributed by atoms with Crippen molar-refractivity contribution in [1.29, 1.82) is 0 Å². The van der Waals surface area contributed by atoms with Crippen LogP contribution in [0.2, 0.25) is 5.02 Å². The molecule has 0 aliphatic heterocycles. The van der Waals surface area contributed by atoms with Crippen LogP contribution in [-0.2, 0) is 0 Å². The number of halogens is 2. The van der Waals surface area contributed by atoms with Crippen molar-refractivity contribution < 1.29 is 9.50 Å². The number of aliphatic hydroxyl groups excluding tert-OH is 1. The first-order valence-electron chi connectivity index (χ1n) is 5.35. The van der Waals surface area contributed by atoms with Crippen LogP contribution in [0.25, 0.3) is 0 Å². The molecule has 0 heterocycles. The minimum Gasteiger partial charge on any atom is -0.387 e. The highest BCUT2D eigenvalue weighted by atomic mass is 35.5. The average Bonchev–Trinajstić information content (AvgIpc) is 2.22. The van der Waals surface area contributed by atoms with Gasteiger partial charge in [0.05, 0.1) is 23.4 Å². The highest BCUT2D eigenvalue weighted by Crippen LogP contribution is 2.17. The third kappa shape index (κ3) is 4.07. The fraction of sp³-hybridized carbons (Fsp3) is 0.417. The molecular formula is C12H16ClFN2O. The second kappa shape index (κ2) is 6.10. The zero-order valence-electron chi connectivity index (χ0n) is 9.82. The summed E-state index contributed by atoms with van der Waals surface area (Å²) in [6.45, 7) is 3.81. The van der Waals surface area contributed by atoms with Crippen LogP contribution in [0.4, 0.5) is 4.39 Å². The quantitative estimate of drug-likeness (QED) is 0.812.